The van der Waals surface area contributed by atoms with Crippen molar-refractivity contribution in [2.75, 3.05) is 14.2 Å². The molecule has 2 atom stereocenters. The van der Waals surface area contributed by atoms with Crippen molar-refractivity contribution in [3.05, 3.63) is 113 Å². The number of aliphatic hydroxyl groups is 1. The quantitative estimate of drug-likeness (QED) is 0.178. The number of hydrogen-bond acceptors (Lipinski definition) is 6. The fourth-order valence-electron chi connectivity index (χ4n) is 4.70. The monoisotopic (exact) mass is 556 g/mol. The zero-order chi connectivity index (χ0) is 29.4. The van der Waals surface area contributed by atoms with Crippen molar-refractivity contribution in [3.8, 4) is 28.7 Å². The van der Waals surface area contributed by atoms with Crippen LogP contribution in [0.15, 0.2) is 84.9 Å². The Morgan fingerprint density at radius 1 is 0.805 bits per heavy atom. The molecule has 4 aromatic carbocycles. The van der Waals surface area contributed by atoms with Crippen molar-refractivity contribution in [1.29, 1.82) is 0 Å². The molecule has 214 valence electrons. The number of ether oxygens (including phenoxy) is 4. The third kappa shape index (κ3) is 7.58. The average Bonchev–Trinajstić information content (AvgIpc) is 2.97. The molecular weight excluding hydrogens is 520 g/mol. The van der Waals surface area contributed by atoms with Crippen LogP contribution in [0.2, 0.25) is 0 Å². The van der Waals surface area contributed by atoms with E-state index in [1.54, 1.807) is 50.6 Å². The summed E-state index contributed by atoms with van der Waals surface area (Å²) in [6.45, 7) is 3.78. The SMILES string of the molecule is COc1cc([C@@H](O)[C@H](CCCc2ccccc2)Oc2ccc(Oc3cc(C)ccc3C(=O)O)cc2)cc(OC)c1C. The van der Waals surface area contributed by atoms with Crippen LogP contribution in [0.25, 0.3) is 0 Å². The van der Waals surface area contributed by atoms with Crippen LogP contribution in [0.3, 0.4) is 0 Å². The molecule has 0 saturated carbocycles. The maximum absolute atomic E-state index is 11.6. The number of aliphatic hydroxyl groups excluding tert-OH is 1. The van der Waals surface area contributed by atoms with E-state index in [-0.39, 0.29) is 11.3 Å². The molecule has 7 heteroatoms. The van der Waals surface area contributed by atoms with Gasteiger partial charge in [0, 0.05) is 5.56 Å². The summed E-state index contributed by atoms with van der Waals surface area (Å²) in [5, 5.41) is 21.0. The molecule has 0 saturated heterocycles. The molecule has 0 aliphatic rings. The van der Waals surface area contributed by atoms with Crippen molar-refractivity contribution in [2.45, 2.75) is 45.3 Å². The van der Waals surface area contributed by atoms with Crippen molar-refractivity contribution in [3.63, 3.8) is 0 Å². The molecule has 0 aromatic heterocycles. The normalized spacial score (nSPS) is 12.3. The largest absolute Gasteiger partial charge is 0.496 e. The van der Waals surface area contributed by atoms with Crippen LogP contribution < -0.4 is 18.9 Å². The highest BCUT2D eigenvalue weighted by molar-refractivity contribution is 5.91. The zero-order valence-corrected chi connectivity index (χ0v) is 23.8. The summed E-state index contributed by atoms with van der Waals surface area (Å²) in [6.07, 6.45) is 0.744. The average molecular weight is 557 g/mol. The standard InChI is InChI=1S/C34H36O7/c1-22-13-18-28(34(36)37)32(19-22)41-27-16-14-26(15-17-27)40-29(12-8-11-24-9-6-5-7-10-24)33(35)25-20-30(38-3)23(2)31(21-25)39-4/h5-7,9-10,13-21,29,33,35H,8,11-12H2,1-4H3,(H,36,37)/t29-,33+/m0/s1. The van der Waals surface area contributed by atoms with Gasteiger partial charge in [-0.05, 0) is 98.3 Å². The minimum absolute atomic E-state index is 0.0847. The molecule has 0 radical (unpaired) electrons. The predicted octanol–water partition coefficient (Wildman–Crippen LogP) is 7.32. The molecule has 0 amide bonds. The lowest BCUT2D eigenvalue weighted by atomic mass is 9.97. The van der Waals surface area contributed by atoms with Crippen LogP contribution in [-0.2, 0) is 6.42 Å². The maximum atomic E-state index is 11.6. The molecule has 2 N–H and O–H groups in total. The Morgan fingerprint density at radius 3 is 2.05 bits per heavy atom. The van der Waals surface area contributed by atoms with Gasteiger partial charge in [-0.1, -0.05) is 36.4 Å². The van der Waals surface area contributed by atoms with Crippen LogP contribution in [-0.4, -0.2) is 36.5 Å². The minimum atomic E-state index is -1.06. The van der Waals surface area contributed by atoms with Crippen LogP contribution in [0.4, 0.5) is 0 Å². The van der Waals surface area contributed by atoms with Gasteiger partial charge in [-0.3, -0.25) is 0 Å². The third-order valence-corrected chi connectivity index (χ3v) is 6.97. The number of aryl methyl sites for hydroxylation is 2. The Labute approximate surface area is 240 Å². The van der Waals surface area contributed by atoms with Crippen molar-refractivity contribution in [2.24, 2.45) is 0 Å². The number of methoxy groups -OCH3 is 2. The fraction of sp³-hybridized carbons (Fsp3) is 0.265. The molecule has 0 unspecified atom stereocenters. The van der Waals surface area contributed by atoms with E-state index in [0.717, 1.165) is 24.0 Å². The van der Waals surface area contributed by atoms with Crippen LogP contribution >= 0.6 is 0 Å². The van der Waals surface area contributed by atoms with Crippen molar-refractivity contribution < 1.29 is 34.0 Å². The highest BCUT2D eigenvalue weighted by Gasteiger charge is 2.25. The van der Waals surface area contributed by atoms with E-state index < -0.39 is 18.2 Å². The molecule has 41 heavy (non-hydrogen) atoms. The topological polar surface area (TPSA) is 94.5 Å². The number of carboxylic acids is 1. The Bertz CT molecular complexity index is 1420. The van der Waals surface area contributed by atoms with Gasteiger partial charge in [-0.25, -0.2) is 4.79 Å². The Hall–Kier alpha value is -4.49. The number of hydrogen-bond donors (Lipinski definition) is 2. The summed E-state index contributed by atoms with van der Waals surface area (Å²) in [6, 6.07) is 25.7. The van der Waals surface area contributed by atoms with Gasteiger partial charge in [0.25, 0.3) is 0 Å². The number of carboxylic acid groups (broad SMARTS) is 1. The fourth-order valence-corrected chi connectivity index (χ4v) is 4.70. The first-order valence-electron chi connectivity index (χ1n) is 13.5. The number of benzene rings is 4. The second-order valence-corrected chi connectivity index (χ2v) is 9.91. The predicted molar refractivity (Wildman–Crippen MR) is 158 cm³/mol. The van der Waals surface area contributed by atoms with E-state index in [1.807, 2.05) is 44.2 Å². The van der Waals surface area contributed by atoms with Crippen molar-refractivity contribution in [1.82, 2.24) is 0 Å². The van der Waals surface area contributed by atoms with E-state index in [2.05, 4.69) is 12.1 Å². The van der Waals surface area contributed by atoms with Gasteiger partial charge < -0.3 is 29.2 Å². The molecule has 0 bridgehead atoms. The first-order valence-corrected chi connectivity index (χ1v) is 13.5. The smallest absolute Gasteiger partial charge is 0.339 e. The van der Waals surface area contributed by atoms with E-state index >= 15 is 0 Å². The van der Waals surface area contributed by atoms with Crippen molar-refractivity contribution >= 4 is 5.97 Å². The molecule has 4 aromatic rings. The highest BCUT2D eigenvalue weighted by atomic mass is 16.5. The van der Waals surface area contributed by atoms with E-state index in [0.29, 0.717) is 35.0 Å². The van der Waals surface area contributed by atoms with Gasteiger partial charge in [0.1, 0.15) is 46.5 Å². The van der Waals surface area contributed by atoms with E-state index in [4.69, 9.17) is 18.9 Å². The second kappa shape index (κ2) is 13.7. The summed E-state index contributed by atoms with van der Waals surface area (Å²) in [5.41, 5.74) is 3.68. The Balaban J connectivity index is 1.55. The van der Waals surface area contributed by atoms with Gasteiger partial charge in [0.15, 0.2) is 0 Å². The van der Waals surface area contributed by atoms with Crippen LogP contribution in [0, 0.1) is 13.8 Å². The van der Waals surface area contributed by atoms with Gasteiger partial charge in [-0.15, -0.1) is 0 Å². The molecular formula is C34H36O7. The van der Waals surface area contributed by atoms with Gasteiger partial charge >= 0.3 is 5.97 Å². The summed E-state index contributed by atoms with van der Waals surface area (Å²) in [4.78, 5) is 11.6. The van der Waals surface area contributed by atoms with E-state index in [9.17, 15) is 15.0 Å². The first kappa shape index (κ1) is 29.5. The molecule has 0 spiro atoms. The minimum Gasteiger partial charge on any atom is -0.496 e. The zero-order valence-electron chi connectivity index (χ0n) is 23.8. The van der Waals surface area contributed by atoms with Crippen LogP contribution in [0.1, 0.15) is 51.6 Å². The Kier molecular flexibility index (Phi) is 9.87. The highest BCUT2D eigenvalue weighted by Crippen LogP contribution is 2.35. The molecule has 0 aliphatic carbocycles. The summed E-state index contributed by atoms with van der Waals surface area (Å²) in [7, 11) is 3.18. The van der Waals surface area contributed by atoms with Crippen LogP contribution in [0.5, 0.6) is 28.7 Å². The lowest BCUT2D eigenvalue weighted by molar-refractivity contribution is 0.0289. The maximum Gasteiger partial charge on any atom is 0.339 e. The number of rotatable bonds is 13. The summed E-state index contributed by atoms with van der Waals surface area (Å²) >= 11 is 0. The van der Waals surface area contributed by atoms with Gasteiger partial charge in [0.05, 0.1) is 14.2 Å². The van der Waals surface area contributed by atoms with Gasteiger partial charge in [-0.2, -0.15) is 0 Å². The molecule has 0 heterocycles. The third-order valence-electron chi connectivity index (χ3n) is 6.97. The Morgan fingerprint density at radius 2 is 1.44 bits per heavy atom. The number of aromatic carboxylic acids is 1. The molecule has 0 aliphatic heterocycles. The summed E-state index contributed by atoms with van der Waals surface area (Å²) < 4.78 is 23.3. The number of carbonyl (C=O) groups is 1. The molecule has 4 rings (SSSR count). The lowest BCUT2D eigenvalue weighted by Crippen LogP contribution is -2.26. The summed E-state index contributed by atoms with van der Waals surface area (Å²) in [5.74, 6) is 1.48. The molecule has 0 fully saturated rings. The second-order valence-electron chi connectivity index (χ2n) is 9.91. The first-order chi connectivity index (χ1) is 19.8. The van der Waals surface area contributed by atoms with E-state index in [1.165, 1.54) is 11.6 Å². The lowest BCUT2D eigenvalue weighted by Gasteiger charge is -2.26. The van der Waals surface area contributed by atoms with Gasteiger partial charge in [0.2, 0.25) is 0 Å². The molecule has 7 nitrogen and oxygen atoms in total.